The average molecular weight is 254 g/mol. The molecular weight excluding hydrogens is 242 g/mol. The maximum atomic E-state index is 10.8. The number of guanidine groups is 1. The number of pyridine rings is 1. The Morgan fingerprint density at radius 2 is 2.35 bits per heavy atom. The Balaban J connectivity index is 2.11. The molecule has 1 aromatic heterocycles. The Kier molecular flexibility index (Phi) is 3.43. The van der Waals surface area contributed by atoms with Crippen LogP contribution in [0.2, 0.25) is 5.02 Å². The number of anilines is 1. The van der Waals surface area contributed by atoms with Gasteiger partial charge in [0.15, 0.2) is 5.82 Å². The molecule has 2 amide bonds. The number of amides is 2. The highest BCUT2D eigenvalue weighted by molar-refractivity contribution is 6.33. The fourth-order valence-electron chi connectivity index (χ4n) is 1.19. The second-order valence-corrected chi connectivity index (χ2v) is 4.06. The van der Waals surface area contributed by atoms with E-state index in [-0.39, 0.29) is 12.0 Å². The summed E-state index contributed by atoms with van der Waals surface area (Å²) in [5, 5.41) is 5.70. The van der Waals surface area contributed by atoms with Gasteiger partial charge in [-0.1, -0.05) is 11.6 Å². The van der Waals surface area contributed by atoms with Crippen molar-refractivity contribution in [3.8, 4) is 0 Å². The summed E-state index contributed by atoms with van der Waals surface area (Å²) in [6, 6.07) is 2.97. The number of rotatable bonds is 2. The van der Waals surface area contributed by atoms with E-state index in [1.807, 2.05) is 0 Å². The molecule has 1 aliphatic rings. The van der Waals surface area contributed by atoms with Gasteiger partial charge < -0.3 is 11.1 Å². The normalized spacial score (nSPS) is 15.5. The zero-order chi connectivity index (χ0) is 12.3. The SMILES string of the molecule is NC(=O)NC(=NC1CC1)Nc1ncccc1Cl. The standard InChI is InChI=1S/C10H12ClN5O/c11-7-2-1-5-13-8(7)15-10(16-9(12)17)14-6-3-4-6/h1-2,5-6H,3-4H2,(H4,12,13,14,15,16,17). The van der Waals surface area contributed by atoms with Crippen molar-refractivity contribution < 1.29 is 4.79 Å². The molecule has 4 N–H and O–H groups in total. The van der Waals surface area contributed by atoms with E-state index >= 15 is 0 Å². The van der Waals surface area contributed by atoms with Gasteiger partial charge in [-0.25, -0.2) is 14.8 Å². The van der Waals surface area contributed by atoms with E-state index in [1.165, 1.54) is 0 Å². The molecule has 0 aliphatic heterocycles. The van der Waals surface area contributed by atoms with Gasteiger partial charge in [-0.3, -0.25) is 5.32 Å². The van der Waals surface area contributed by atoms with Gasteiger partial charge in [0.1, 0.15) is 0 Å². The number of aliphatic imine (C=N–C) groups is 1. The van der Waals surface area contributed by atoms with E-state index in [9.17, 15) is 4.79 Å². The molecule has 0 bridgehead atoms. The first-order valence-electron chi connectivity index (χ1n) is 5.17. The molecule has 1 saturated carbocycles. The van der Waals surface area contributed by atoms with Gasteiger partial charge in [0.2, 0.25) is 5.96 Å². The van der Waals surface area contributed by atoms with Crippen molar-refractivity contribution in [1.82, 2.24) is 10.3 Å². The van der Waals surface area contributed by atoms with Crippen LogP contribution in [0, 0.1) is 0 Å². The van der Waals surface area contributed by atoms with Crippen LogP contribution in [-0.4, -0.2) is 23.0 Å². The van der Waals surface area contributed by atoms with Gasteiger partial charge in [-0.2, -0.15) is 0 Å². The summed E-state index contributed by atoms with van der Waals surface area (Å²) in [4.78, 5) is 19.1. The predicted octanol–water partition coefficient (Wildman–Crippen LogP) is 1.33. The molecule has 0 spiro atoms. The molecule has 7 heteroatoms. The van der Waals surface area contributed by atoms with Crippen molar-refractivity contribution >= 4 is 29.4 Å². The molecule has 1 aliphatic carbocycles. The third-order valence-corrected chi connectivity index (χ3v) is 2.40. The number of nitrogens with zero attached hydrogens (tertiary/aromatic N) is 2. The largest absolute Gasteiger partial charge is 0.351 e. The molecule has 0 saturated heterocycles. The highest BCUT2D eigenvalue weighted by atomic mass is 35.5. The number of hydrogen-bond donors (Lipinski definition) is 3. The second-order valence-electron chi connectivity index (χ2n) is 3.66. The van der Waals surface area contributed by atoms with Crippen molar-refractivity contribution in [1.29, 1.82) is 0 Å². The van der Waals surface area contributed by atoms with Crippen molar-refractivity contribution in [3.63, 3.8) is 0 Å². The third-order valence-electron chi connectivity index (χ3n) is 2.10. The number of urea groups is 1. The van der Waals surface area contributed by atoms with Crippen LogP contribution < -0.4 is 16.4 Å². The summed E-state index contributed by atoms with van der Waals surface area (Å²) in [6.45, 7) is 0. The minimum atomic E-state index is -0.677. The smallest absolute Gasteiger partial charge is 0.318 e. The van der Waals surface area contributed by atoms with Gasteiger partial charge in [-0.05, 0) is 25.0 Å². The van der Waals surface area contributed by atoms with Gasteiger partial charge in [0.25, 0.3) is 0 Å². The van der Waals surface area contributed by atoms with Crippen LogP contribution in [0.5, 0.6) is 0 Å². The molecule has 17 heavy (non-hydrogen) atoms. The maximum Gasteiger partial charge on any atom is 0.318 e. The quantitative estimate of drug-likeness (QED) is 0.548. The van der Waals surface area contributed by atoms with Crippen molar-refractivity contribution in [2.24, 2.45) is 10.7 Å². The lowest BCUT2D eigenvalue weighted by molar-refractivity contribution is 0.253. The third kappa shape index (κ3) is 3.60. The average Bonchev–Trinajstić information content (AvgIpc) is 3.04. The molecule has 0 unspecified atom stereocenters. The minimum absolute atomic E-state index is 0.242. The summed E-state index contributed by atoms with van der Waals surface area (Å²) in [5.74, 6) is 0.711. The lowest BCUT2D eigenvalue weighted by Gasteiger charge is -2.09. The van der Waals surface area contributed by atoms with Crippen molar-refractivity contribution in [2.75, 3.05) is 5.32 Å². The Morgan fingerprint density at radius 3 is 2.94 bits per heavy atom. The first kappa shape index (κ1) is 11.7. The molecule has 1 fully saturated rings. The zero-order valence-corrected chi connectivity index (χ0v) is 9.74. The molecular formula is C10H12ClN5O. The van der Waals surface area contributed by atoms with E-state index in [1.54, 1.807) is 18.3 Å². The van der Waals surface area contributed by atoms with E-state index in [4.69, 9.17) is 17.3 Å². The van der Waals surface area contributed by atoms with E-state index in [0.717, 1.165) is 12.8 Å². The molecule has 6 nitrogen and oxygen atoms in total. The molecule has 0 atom stereocenters. The number of hydrogen-bond acceptors (Lipinski definition) is 3. The maximum absolute atomic E-state index is 10.8. The van der Waals surface area contributed by atoms with Gasteiger partial charge in [0, 0.05) is 6.20 Å². The number of nitrogens with two attached hydrogens (primary N) is 1. The number of primary amides is 1. The summed E-state index contributed by atoms with van der Waals surface area (Å²) in [6.07, 6.45) is 3.62. The predicted molar refractivity (Wildman–Crippen MR) is 66.0 cm³/mol. The molecule has 1 aromatic rings. The van der Waals surface area contributed by atoms with Gasteiger partial charge in [0.05, 0.1) is 11.1 Å². The van der Waals surface area contributed by atoms with Gasteiger partial charge in [-0.15, -0.1) is 0 Å². The topological polar surface area (TPSA) is 92.4 Å². The van der Waals surface area contributed by atoms with Crippen LogP contribution in [0.4, 0.5) is 10.6 Å². The summed E-state index contributed by atoms with van der Waals surface area (Å²) >= 11 is 5.93. The first-order chi connectivity index (χ1) is 8.15. The van der Waals surface area contributed by atoms with E-state index in [0.29, 0.717) is 10.8 Å². The first-order valence-corrected chi connectivity index (χ1v) is 5.55. The van der Waals surface area contributed by atoms with Crippen molar-refractivity contribution in [3.05, 3.63) is 23.4 Å². The Labute approximate surface area is 103 Å². The lowest BCUT2D eigenvalue weighted by Crippen LogP contribution is -2.40. The minimum Gasteiger partial charge on any atom is -0.351 e. The highest BCUT2D eigenvalue weighted by Gasteiger charge is 2.21. The zero-order valence-electron chi connectivity index (χ0n) is 8.98. The lowest BCUT2D eigenvalue weighted by atomic mass is 10.4. The molecule has 1 heterocycles. The van der Waals surface area contributed by atoms with Crippen LogP contribution in [-0.2, 0) is 0 Å². The molecule has 0 radical (unpaired) electrons. The Morgan fingerprint density at radius 1 is 1.59 bits per heavy atom. The fourth-order valence-corrected chi connectivity index (χ4v) is 1.36. The van der Waals surface area contributed by atoms with Crippen LogP contribution in [0.15, 0.2) is 23.3 Å². The molecule has 2 rings (SSSR count). The van der Waals surface area contributed by atoms with Crippen LogP contribution >= 0.6 is 11.6 Å². The van der Waals surface area contributed by atoms with E-state index in [2.05, 4.69) is 20.6 Å². The monoisotopic (exact) mass is 253 g/mol. The number of halogens is 1. The number of carbonyl (C=O) groups excluding carboxylic acids is 1. The highest BCUT2D eigenvalue weighted by Crippen LogP contribution is 2.24. The van der Waals surface area contributed by atoms with Gasteiger partial charge >= 0.3 is 6.03 Å². The molecule has 0 aromatic carbocycles. The summed E-state index contributed by atoms with van der Waals surface area (Å²) in [5.41, 5.74) is 5.06. The fraction of sp³-hybridized carbons (Fsp3) is 0.300. The number of carbonyl (C=O) groups is 1. The van der Waals surface area contributed by atoms with E-state index < -0.39 is 6.03 Å². The number of aromatic nitrogens is 1. The summed E-state index contributed by atoms with van der Waals surface area (Å²) in [7, 11) is 0. The van der Waals surface area contributed by atoms with Crippen LogP contribution in [0.1, 0.15) is 12.8 Å². The Hall–Kier alpha value is -1.82. The Bertz CT molecular complexity index is 458. The summed E-state index contributed by atoms with van der Waals surface area (Å²) < 4.78 is 0. The molecule has 90 valence electrons. The van der Waals surface area contributed by atoms with Crippen molar-refractivity contribution in [2.45, 2.75) is 18.9 Å². The van der Waals surface area contributed by atoms with Crippen LogP contribution in [0.25, 0.3) is 0 Å². The number of nitrogens with one attached hydrogen (secondary N) is 2. The van der Waals surface area contributed by atoms with Crippen LogP contribution in [0.3, 0.4) is 0 Å². The second kappa shape index (κ2) is 5.01.